The quantitative estimate of drug-likeness (QED) is 0.746. The van der Waals surface area contributed by atoms with Gasteiger partial charge in [0.25, 0.3) is 5.56 Å². The summed E-state index contributed by atoms with van der Waals surface area (Å²) in [5, 5.41) is 0. The zero-order valence-corrected chi connectivity index (χ0v) is 10.7. The highest BCUT2D eigenvalue weighted by Gasteiger charge is 2.12. The first kappa shape index (κ1) is 12.2. The molecule has 0 fully saturated rings. The minimum absolute atomic E-state index is 0.0245. The number of hydrogen-bond acceptors (Lipinski definition) is 3. The first-order chi connectivity index (χ1) is 9.75. The Hall–Kier alpha value is -2.88. The van der Waals surface area contributed by atoms with Gasteiger partial charge in [0, 0.05) is 11.1 Å². The van der Waals surface area contributed by atoms with Gasteiger partial charge < -0.3 is 10.7 Å². The van der Waals surface area contributed by atoms with Crippen LogP contribution in [-0.4, -0.2) is 9.97 Å². The van der Waals surface area contributed by atoms with Crippen LogP contribution in [0, 0.1) is 0 Å². The normalized spacial score (nSPS) is 10.4. The molecule has 3 aromatic rings. The number of aromatic amines is 1. The van der Waals surface area contributed by atoms with Crippen LogP contribution in [0.25, 0.3) is 22.5 Å². The molecule has 0 aliphatic carbocycles. The van der Waals surface area contributed by atoms with Crippen molar-refractivity contribution in [2.75, 3.05) is 5.73 Å². The van der Waals surface area contributed by atoms with E-state index in [-0.39, 0.29) is 11.4 Å². The molecule has 0 amide bonds. The highest BCUT2D eigenvalue weighted by Crippen LogP contribution is 2.27. The van der Waals surface area contributed by atoms with Crippen LogP contribution in [0.5, 0.6) is 0 Å². The van der Waals surface area contributed by atoms with Crippen molar-refractivity contribution < 1.29 is 0 Å². The molecule has 0 aliphatic rings. The molecule has 0 spiro atoms. The molecule has 4 heteroatoms. The Labute approximate surface area is 115 Å². The van der Waals surface area contributed by atoms with Crippen molar-refractivity contribution in [2.24, 2.45) is 0 Å². The lowest BCUT2D eigenvalue weighted by Crippen LogP contribution is -2.16. The molecule has 0 aliphatic heterocycles. The Kier molecular flexibility index (Phi) is 3.05. The maximum atomic E-state index is 11.8. The maximum absolute atomic E-state index is 11.8. The van der Waals surface area contributed by atoms with Crippen molar-refractivity contribution in [3.05, 3.63) is 71.0 Å². The summed E-state index contributed by atoms with van der Waals surface area (Å²) in [5.74, 6) is -0.0245. The lowest BCUT2D eigenvalue weighted by atomic mass is 10.0. The third-order valence-corrected chi connectivity index (χ3v) is 3.05. The van der Waals surface area contributed by atoms with E-state index < -0.39 is 0 Å². The Morgan fingerprint density at radius 1 is 0.850 bits per heavy atom. The third kappa shape index (κ3) is 2.19. The summed E-state index contributed by atoms with van der Waals surface area (Å²) in [4.78, 5) is 18.8. The fourth-order valence-electron chi connectivity index (χ4n) is 2.08. The predicted molar refractivity (Wildman–Crippen MR) is 80.1 cm³/mol. The van der Waals surface area contributed by atoms with E-state index in [1.807, 2.05) is 60.7 Å². The first-order valence-corrected chi connectivity index (χ1v) is 6.26. The van der Waals surface area contributed by atoms with E-state index in [9.17, 15) is 4.79 Å². The zero-order chi connectivity index (χ0) is 13.9. The molecule has 2 aromatic carbocycles. The second kappa shape index (κ2) is 5.01. The lowest BCUT2D eigenvalue weighted by Gasteiger charge is -2.09. The molecular formula is C16H13N3O. The molecule has 1 heterocycles. The molecular weight excluding hydrogens is 250 g/mol. The van der Waals surface area contributed by atoms with Gasteiger partial charge in [0.15, 0.2) is 5.82 Å². The van der Waals surface area contributed by atoms with Crippen molar-refractivity contribution >= 4 is 5.82 Å². The van der Waals surface area contributed by atoms with Gasteiger partial charge in [-0.2, -0.15) is 0 Å². The molecule has 0 atom stereocenters. The number of nitrogens with two attached hydrogens (primary N) is 1. The number of rotatable bonds is 2. The van der Waals surface area contributed by atoms with Crippen LogP contribution in [-0.2, 0) is 0 Å². The summed E-state index contributed by atoms with van der Waals surface area (Å²) in [7, 11) is 0. The van der Waals surface area contributed by atoms with Crippen LogP contribution < -0.4 is 11.3 Å². The van der Waals surface area contributed by atoms with E-state index in [1.165, 1.54) is 0 Å². The highest BCUT2D eigenvalue weighted by atomic mass is 16.1. The molecule has 0 unspecified atom stereocenters. The first-order valence-electron chi connectivity index (χ1n) is 6.26. The number of nitrogen functional groups attached to an aromatic ring is 1. The van der Waals surface area contributed by atoms with Crippen LogP contribution >= 0.6 is 0 Å². The Bertz CT molecular complexity index is 780. The summed E-state index contributed by atoms with van der Waals surface area (Å²) in [6.45, 7) is 0. The van der Waals surface area contributed by atoms with Gasteiger partial charge in [-0.25, -0.2) is 4.98 Å². The molecule has 3 rings (SSSR count). The lowest BCUT2D eigenvalue weighted by molar-refractivity contribution is 1.16. The maximum Gasteiger partial charge on any atom is 0.290 e. The van der Waals surface area contributed by atoms with Gasteiger partial charge >= 0.3 is 0 Å². The van der Waals surface area contributed by atoms with Gasteiger partial charge in [0.05, 0.1) is 11.4 Å². The molecule has 0 radical (unpaired) electrons. The molecule has 4 nitrogen and oxygen atoms in total. The minimum atomic E-state index is -0.372. The van der Waals surface area contributed by atoms with E-state index in [0.717, 1.165) is 11.1 Å². The standard InChI is InChI=1S/C16H13N3O/c17-15-16(20)19-14(12-9-5-2-6-10-12)13(18-15)11-7-3-1-4-8-11/h1-10H,(H2,17,18)(H,19,20). The summed E-state index contributed by atoms with van der Waals surface area (Å²) >= 11 is 0. The van der Waals surface area contributed by atoms with Gasteiger partial charge in [-0.3, -0.25) is 4.79 Å². The highest BCUT2D eigenvalue weighted by molar-refractivity contribution is 5.78. The van der Waals surface area contributed by atoms with Gasteiger partial charge in [0.1, 0.15) is 0 Å². The SMILES string of the molecule is Nc1nc(-c2ccccc2)c(-c2ccccc2)[nH]c1=O. The number of nitrogens with one attached hydrogen (secondary N) is 1. The van der Waals surface area contributed by atoms with Crippen LogP contribution in [0.1, 0.15) is 0 Å². The number of H-pyrrole nitrogens is 1. The zero-order valence-electron chi connectivity index (χ0n) is 10.7. The summed E-state index contributed by atoms with van der Waals surface area (Å²) in [5.41, 5.74) is 8.44. The van der Waals surface area contributed by atoms with Crippen molar-refractivity contribution in [3.8, 4) is 22.5 Å². The molecule has 3 N–H and O–H groups in total. The number of benzene rings is 2. The number of aromatic nitrogens is 2. The summed E-state index contributed by atoms with van der Waals surface area (Å²) in [6.07, 6.45) is 0. The Balaban J connectivity index is 2.29. The van der Waals surface area contributed by atoms with Crippen LogP contribution in [0.15, 0.2) is 65.5 Å². The molecule has 20 heavy (non-hydrogen) atoms. The topological polar surface area (TPSA) is 71.8 Å². The van der Waals surface area contributed by atoms with Gasteiger partial charge in [-0.1, -0.05) is 60.7 Å². The molecule has 0 saturated heterocycles. The van der Waals surface area contributed by atoms with E-state index in [1.54, 1.807) is 0 Å². The van der Waals surface area contributed by atoms with E-state index in [4.69, 9.17) is 5.73 Å². The third-order valence-electron chi connectivity index (χ3n) is 3.05. The summed E-state index contributed by atoms with van der Waals surface area (Å²) in [6, 6.07) is 19.3. The van der Waals surface area contributed by atoms with E-state index >= 15 is 0 Å². The van der Waals surface area contributed by atoms with Gasteiger partial charge in [-0.15, -0.1) is 0 Å². The van der Waals surface area contributed by atoms with E-state index in [2.05, 4.69) is 9.97 Å². The second-order valence-corrected chi connectivity index (χ2v) is 4.41. The average Bonchev–Trinajstić information content (AvgIpc) is 2.51. The number of nitrogens with zero attached hydrogens (tertiary/aromatic N) is 1. The van der Waals surface area contributed by atoms with E-state index in [0.29, 0.717) is 11.4 Å². The van der Waals surface area contributed by atoms with Crippen molar-refractivity contribution in [1.29, 1.82) is 0 Å². The second-order valence-electron chi connectivity index (χ2n) is 4.41. The largest absolute Gasteiger partial charge is 0.379 e. The number of anilines is 1. The average molecular weight is 263 g/mol. The molecule has 1 aromatic heterocycles. The minimum Gasteiger partial charge on any atom is -0.379 e. The fraction of sp³-hybridized carbons (Fsp3) is 0. The Morgan fingerprint density at radius 2 is 1.40 bits per heavy atom. The van der Waals surface area contributed by atoms with Crippen LogP contribution in [0.2, 0.25) is 0 Å². The number of hydrogen-bond donors (Lipinski definition) is 2. The van der Waals surface area contributed by atoms with Crippen LogP contribution in [0.4, 0.5) is 5.82 Å². The van der Waals surface area contributed by atoms with Gasteiger partial charge in [0.2, 0.25) is 0 Å². The van der Waals surface area contributed by atoms with Crippen molar-refractivity contribution in [2.45, 2.75) is 0 Å². The van der Waals surface area contributed by atoms with Gasteiger partial charge in [-0.05, 0) is 0 Å². The summed E-state index contributed by atoms with van der Waals surface area (Å²) < 4.78 is 0. The molecule has 0 saturated carbocycles. The predicted octanol–water partition coefficient (Wildman–Crippen LogP) is 2.69. The fourth-order valence-corrected chi connectivity index (χ4v) is 2.08. The van der Waals surface area contributed by atoms with Crippen molar-refractivity contribution in [1.82, 2.24) is 9.97 Å². The monoisotopic (exact) mass is 263 g/mol. The molecule has 0 bridgehead atoms. The Morgan fingerprint density at radius 3 is 2.00 bits per heavy atom. The smallest absolute Gasteiger partial charge is 0.290 e. The van der Waals surface area contributed by atoms with Crippen molar-refractivity contribution in [3.63, 3.8) is 0 Å². The van der Waals surface area contributed by atoms with Crippen LogP contribution in [0.3, 0.4) is 0 Å². The molecule has 98 valence electrons.